The third kappa shape index (κ3) is 3.58. The number of benzene rings is 2. The number of hydrogen-bond acceptors (Lipinski definition) is 4. The zero-order chi connectivity index (χ0) is 17.1. The van der Waals surface area contributed by atoms with E-state index in [2.05, 4.69) is 25.2 Å². The van der Waals surface area contributed by atoms with Crippen LogP contribution in [0, 0.1) is 0 Å². The van der Waals surface area contributed by atoms with Crippen molar-refractivity contribution in [3.05, 3.63) is 35.9 Å². The lowest BCUT2D eigenvalue weighted by Crippen LogP contribution is -2.15. The minimum atomic E-state index is 0.255. The molecule has 0 saturated heterocycles. The van der Waals surface area contributed by atoms with E-state index in [1.807, 2.05) is 24.3 Å². The Labute approximate surface area is 143 Å². The number of ether oxygens (including phenoxy) is 1. The summed E-state index contributed by atoms with van der Waals surface area (Å²) in [5, 5.41) is 14.1. The molecule has 1 atom stereocenters. The van der Waals surface area contributed by atoms with Gasteiger partial charge in [-0.2, -0.15) is 0 Å². The SMILES string of the molecule is CCCCOc1cc2cc(O)c1-c1cc(N)cc(c1)NC(C)CC2. The Morgan fingerprint density at radius 2 is 2.08 bits per heavy atom. The highest BCUT2D eigenvalue weighted by molar-refractivity contribution is 5.82. The molecular formula is C20H26N2O2. The number of anilines is 2. The van der Waals surface area contributed by atoms with Crippen molar-refractivity contribution in [1.82, 2.24) is 0 Å². The lowest BCUT2D eigenvalue weighted by atomic mass is 9.98. The maximum absolute atomic E-state index is 10.6. The van der Waals surface area contributed by atoms with Gasteiger partial charge >= 0.3 is 0 Å². The predicted octanol–water partition coefficient (Wildman–Crippen LogP) is 4.57. The molecule has 2 aromatic carbocycles. The van der Waals surface area contributed by atoms with Crippen molar-refractivity contribution in [2.24, 2.45) is 0 Å². The molecule has 4 N–H and O–H groups in total. The fraction of sp³-hybridized carbons (Fsp3) is 0.400. The molecule has 0 spiro atoms. The number of aromatic hydroxyl groups is 1. The number of phenolic OH excluding ortho intramolecular Hbond substituents is 1. The normalized spacial score (nSPS) is 16.3. The van der Waals surface area contributed by atoms with E-state index in [0.29, 0.717) is 18.3 Å². The number of fused-ring (bicyclic) bond motifs is 5. The third-order valence-corrected chi connectivity index (χ3v) is 4.42. The van der Waals surface area contributed by atoms with Gasteiger partial charge in [-0.25, -0.2) is 0 Å². The summed E-state index contributed by atoms with van der Waals surface area (Å²) in [5.41, 5.74) is 10.4. The molecule has 2 aliphatic rings. The second kappa shape index (κ2) is 7.04. The van der Waals surface area contributed by atoms with Gasteiger partial charge in [-0.15, -0.1) is 0 Å². The van der Waals surface area contributed by atoms with Gasteiger partial charge in [-0.3, -0.25) is 0 Å². The fourth-order valence-electron chi connectivity index (χ4n) is 3.15. The lowest BCUT2D eigenvalue weighted by Gasteiger charge is -2.16. The molecule has 1 unspecified atom stereocenters. The molecular weight excluding hydrogens is 300 g/mol. The molecule has 2 heterocycles. The number of nitrogens with two attached hydrogens (primary N) is 1. The summed E-state index contributed by atoms with van der Waals surface area (Å²) in [6.45, 7) is 4.95. The van der Waals surface area contributed by atoms with Crippen LogP contribution in [-0.2, 0) is 6.42 Å². The highest BCUT2D eigenvalue weighted by atomic mass is 16.5. The monoisotopic (exact) mass is 326 g/mol. The van der Waals surface area contributed by atoms with Crippen molar-refractivity contribution in [3.63, 3.8) is 0 Å². The molecule has 0 fully saturated rings. The van der Waals surface area contributed by atoms with E-state index in [9.17, 15) is 5.11 Å². The number of nitrogens with one attached hydrogen (secondary N) is 1. The Bertz CT molecular complexity index is 728. The number of nitrogen functional groups attached to an aromatic ring is 1. The minimum absolute atomic E-state index is 0.255. The highest BCUT2D eigenvalue weighted by Gasteiger charge is 2.17. The average Bonchev–Trinajstić information content (AvgIpc) is 2.54. The number of unbranched alkanes of at least 4 members (excludes halogenated alkanes) is 1. The first kappa shape index (κ1) is 16.5. The van der Waals surface area contributed by atoms with Crippen LogP contribution >= 0.6 is 0 Å². The second-order valence-electron chi connectivity index (χ2n) is 6.62. The summed E-state index contributed by atoms with van der Waals surface area (Å²) in [6.07, 6.45) is 3.92. The zero-order valence-corrected chi connectivity index (χ0v) is 14.4. The van der Waals surface area contributed by atoms with Crippen LogP contribution in [0.4, 0.5) is 11.4 Å². The Balaban J connectivity index is 2.13. The summed E-state index contributed by atoms with van der Waals surface area (Å²) >= 11 is 0. The molecule has 0 amide bonds. The fourth-order valence-corrected chi connectivity index (χ4v) is 3.15. The number of rotatable bonds is 4. The first-order valence-corrected chi connectivity index (χ1v) is 8.73. The van der Waals surface area contributed by atoms with Crippen LogP contribution in [0.2, 0.25) is 0 Å². The minimum Gasteiger partial charge on any atom is -0.507 e. The van der Waals surface area contributed by atoms with Crippen molar-refractivity contribution >= 4 is 11.4 Å². The first-order chi connectivity index (χ1) is 11.6. The molecule has 4 bridgehead atoms. The molecule has 24 heavy (non-hydrogen) atoms. The zero-order valence-electron chi connectivity index (χ0n) is 14.4. The number of aryl methyl sites for hydroxylation is 1. The maximum Gasteiger partial charge on any atom is 0.131 e. The van der Waals surface area contributed by atoms with Gasteiger partial charge in [0.15, 0.2) is 0 Å². The molecule has 0 aliphatic carbocycles. The summed E-state index contributed by atoms with van der Waals surface area (Å²) < 4.78 is 6.01. The smallest absolute Gasteiger partial charge is 0.131 e. The first-order valence-electron chi connectivity index (χ1n) is 8.73. The van der Waals surface area contributed by atoms with Crippen LogP contribution in [0.5, 0.6) is 11.5 Å². The van der Waals surface area contributed by atoms with E-state index >= 15 is 0 Å². The molecule has 2 aliphatic heterocycles. The molecule has 4 rings (SSSR count). The summed E-state index contributed by atoms with van der Waals surface area (Å²) in [4.78, 5) is 0. The van der Waals surface area contributed by atoms with Crippen LogP contribution in [0.25, 0.3) is 11.1 Å². The van der Waals surface area contributed by atoms with Gasteiger partial charge < -0.3 is 20.9 Å². The van der Waals surface area contributed by atoms with E-state index in [1.165, 1.54) is 0 Å². The van der Waals surface area contributed by atoms with Crippen molar-refractivity contribution in [1.29, 1.82) is 0 Å². The molecule has 4 heteroatoms. The Kier molecular flexibility index (Phi) is 4.84. The van der Waals surface area contributed by atoms with Gasteiger partial charge in [0.2, 0.25) is 0 Å². The van der Waals surface area contributed by atoms with Crippen LogP contribution in [0.15, 0.2) is 30.3 Å². The molecule has 128 valence electrons. The van der Waals surface area contributed by atoms with E-state index in [4.69, 9.17) is 10.5 Å². The van der Waals surface area contributed by atoms with E-state index in [-0.39, 0.29) is 5.75 Å². The average molecular weight is 326 g/mol. The van der Waals surface area contributed by atoms with Crippen LogP contribution < -0.4 is 15.8 Å². The third-order valence-electron chi connectivity index (χ3n) is 4.42. The molecule has 0 saturated carbocycles. The topological polar surface area (TPSA) is 67.5 Å². The van der Waals surface area contributed by atoms with Crippen LogP contribution in [0.1, 0.15) is 38.7 Å². The Hall–Kier alpha value is -2.36. The van der Waals surface area contributed by atoms with Crippen molar-refractivity contribution in [2.45, 2.75) is 45.6 Å². The Morgan fingerprint density at radius 1 is 1.25 bits per heavy atom. The van der Waals surface area contributed by atoms with Crippen molar-refractivity contribution in [2.75, 3.05) is 17.7 Å². The predicted molar refractivity (Wildman–Crippen MR) is 99.8 cm³/mol. The summed E-state index contributed by atoms with van der Waals surface area (Å²) in [6, 6.07) is 10.1. The molecule has 0 aromatic heterocycles. The summed E-state index contributed by atoms with van der Waals surface area (Å²) in [5.74, 6) is 0.995. The van der Waals surface area contributed by atoms with Crippen LogP contribution in [-0.4, -0.2) is 17.8 Å². The standard InChI is InChI=1S/C20H26N2O2/c1-3-4-7-24-19-9-14-6-5-13(2)22-17-11-15(10-16(21)12-17)20(19)18(23)8-14/h8-13,22-23H,3-7,21H2,1-2H3. The van der Waals surface area contributed by atoms with Crippen molar-refractivity contribution < 1.29 is 9.84 Å². The maximum atomic E-state index is 10.6. The summed E-state index contributed by atoms with van der Waals surface area (Å²) in [7, 11) is 0. The second-order valence-corrected chi connectivity index (χ2v) is 6.62. The number of phenols is 1. The molecule has 4 nitrogen and oxygen atoms in total. The molecule has 2 aromatic rings. The van der Waals surface area contributed by atoms with Gasteiger partial charge in [0.25, 0.3) is 0 Å². The largest absolute Gasteiger partial charge is 0.507 e. The Morgan fingerprint density at radius 3 is 2.88 bits per heavy atom. The van der Waals surface area contributed by atoms with Crippen molar-refractivity contribution in [3.8, 4) is 22.6 Å². The highest BCUT2D eigenvalue weighted by Crippen LogP contribution is 2.41. The van der Waals surface area contributed by atoms with Gasteiger partial charge in [0.1, 0.15) is 11.5 Å². The van der Waals surface area contributed by atoms with E-state index < -0.39 is 0 Å². The molecule has 0 radical (unpaired) electrons. The number of hydrogen-bond donors (Lipinski definition) is 3. The van der Waals surface area contributed by atoms with Gasteiger partial charge in [-0.05, 0) is 67.6 Å². The van der Waals surface area contributed by atoms with Gasteiger partial charge in [0, 0.05) is 17.4 Å². The van der Waals surface area contributed by atoms with E-state index in [1.54, 1.807) is 0 Å². The van der Waals surface area contributed by atoms with E-state index in [0.717, 1.165) is 53.8 Å². The quantitative estimate of drug-likeness (QED) is 0.569. The lowest BCUT2D eigenvalue weighted by molar-refractivity contribution is 0.309. The van der Waals surface area contributed by atoms with Crippen LogP contribution in [0.3, 0.4) is 0 Å². The van der Waals surface area contributed by atoms with Gasteiger partial charge in [-0.1, -0.05) is 13.3 Å². The van der Waals surface area contributed by atoms with Gasteiger partial charge in [0.05, 0.1) is 12.2 Å².